The molecule has 13 nitrogen and oxygen atoms in total. The quantitative estimate of drug-likeness (QED) is 0.0902. The molecule has 0 radical (unpaired) electrons. The molecule has 0 saturated carbocycles. The van der Waals surface area contributed by atoms with Gasteiger partial charge >= 0.3 is 6.09 Å². The summed E-state index contributed by atoms with van der Waals surface area (Å²) in [4.78, 5) is 71.4. The SMILES string of the molecule is COC(=O)NC(C(=O)N1CCCC1c1ncc(-c2ccc3cc(-c4ccc(-c5cnc(C6CCCN6C(=O)C(NC=O)c6ccccc6)[nH]5)cc4)ccc3c2)[nH]1)c1ccccc1. The highest BCUT2D eigenvalue weighted by molar-refractivity contribution is 5.91. The Morgan fingerprint density at radius 3 is 1.69 bits per heavy atom. The molecule has 9 rings (SSSR count). The maximum atomic E-state index is 13.9. The van der Waals surface area contributed by atoms with Crippen molar-refractivity contribution >= 4 is 35.1 Å². The van der Waals surface area contributed by atoms with Crippen LogP contribution in [-0.4, -0.2) is 74.3 Å². The number of hydrogen-bond donors (Lipinski definition) is 4. The van der Waals surface area contributed by atoms with Crippen LogP contribution in [0.2, 0.25) is 0 Å². The van der Waals surface area contributed by atoms with Crippen LogP contribution in [0.1, 0.15) is 72.6 Å². The molecule has 4 heterocycles. The first kappa shape index (κ1) is 39.9. The molecule has 4 atom stereocenters. The number of fused-ring (bicyclic) bond motifs is 1. The second-order valence-electron chi connectivity index (χ2n) is 15.7. The van der Waals surface area contributed by atoms with E-state index in [0.717, 1.165) is 81.5 Å². The van der Waals surface area contributed by atoms with E-state index in [1.165, 1.54) is 7.11 Å². The number of aromatic amines is 2. The number of amides is 4. The third kappa shape index (κ3) is 8.04. The van der Waals surface area contributed by atoms with Crippen molar-refractivity contribution in [1.82, 2.24) is 40.4 Å². The van der Waals surface area contributed by atoms with Crippen LogP contribution in [0.15, 0.2) is 134 Å². The van der Waals surface area contributed by atoms with Gasteiger partial charge in [-0.15, -0.1) is 0 Å². The molecule has 0 bridgehead atoms. The molecule has 7 aromatic rings. The molecule has 0 spiro atoms. The van der Waals surface area contributed by atoms with E-state index in [-0.39, 0.29) is 23.9 Å². The Kier molecular flexibility index (Phi) is 11.3. The van der Waals surface area contributed by atoms with Crippen molar-refractivity contribution in [1.29, 1.82) is 0 Å². The zero-order chi connectivity index (χ0) is 42.6. The number of alkyl carbamates (subject to hydrolysis) is 1. The van der Waals surface area contributed by atoms with Crippen LogP contribution in [0, 0.1) is 0 Å². The van der Waals surface area contributed by atoms with Gasteiger partial charge in [0.25, 0.3) is 5.91 Å². The summed E-state index contributed by atoms with van der Waals surface area (Å²) in [6.45, 7) is 1.15. The normalized spacial score (nSPS) is 17.1. The molecule has 4 amide bonds. The largest absolute Gasteiger partial charge is 0.453 e. The molecule has 4 unspecified atom stereocenters. The highest BCUT2D eigenvalue weighted by atomic mass is 16.5. The first-order valence-electron chi connectivity index (χ1n) is 20.9. The van der Waals surface area contributed by atoms with Crippen LogP contribution in [0.3, 0.4) is 0 Å². The minimum Gasteiger partial charge on any atom is -0.453 e. The predicted molar refractivity (Wildman–Crippen MR) is 235 cm³/mol. The number of H-pyrrole nitrogens is 2. The number of methoxy groups -OCH3 is 1. The Labute approximate surface area is 358 Å². The number of likely N-dealkylation sites (tertiary alicyclic amines) is 2. The monoisotopic (exact) mass is 826 g/mol. The van der Waals surface area contributed by atoms with Gasteiger partial charge in [-0.25, -0.2) is 14.8 Å². The van der Waals surface area contributed by atoms with E-state index in [1.807, 2.05) is 78.0 Å². The van der Waals surface area contributed by atoms with E-state index in [2.05, 4.69) is 81.3 Å². The van der Waals surface area contributed by atoms with Crippen molar-refractivity contribution < 1.29 is 23.9 Å². The lowest BCUT2D eigenvalue weighted by molar-refractivity contribution is -0.136. The maximum Gasteiger partial charge on any atom is 0.407 e. The molecular weight excluding hydrogens is 781 g/mol. The summed E-state index contributed by atoms with van der Waals surface area (Å²) in [6, 6.07) is 37.5. The van der Waals surface area contributed by atoms with Gasteiger partial charge in [0.1, 0.15) is 23.7 Å². The van der Waals surface area contributed by atoms with E-state index < -0.39 is 18.2 Å². The maximum absolute atomic E-state index is 13.9. The van der Waals surface area contributed by atoms with Crippen LogP contribution >= 0.6 is 0 Å². The first-order valence-corrected chi connectivity index (χ1v) is 20.9. The van der Waals surface area contributed by atoms with Gasteiger partial charge in [-0.1, -0.05) is 109 Å². The summed E-state index contributed by atoms with van der Waals surface area (Å²) in [5.41, 5.74) is 7.27. The number of hydrogen-bond acceptors (Lipinski definition) is 7. The molecule has 0 aliphatic carbocycles. The number of nitrogens with zero attached hydrogens (tertiary/aromatic N) is 4. The molecular formula is C49H46N8O5. The number of carbonyl (C=O) groups is 4. The van der Waals surface area contributed by atoms with Crippen molar-refractivity contribution in [2.45, 2.75) is 49.9 Å². The third-order valence-electron chi connectivity index (χ3n) is 12.0. The van der Waals surface area contributed by atoms with Gasteiger partial charge < -0.3 is 35.1 Å². The number of aromatic nitrogens is 4. The van der Waals surface area contributed by atoms with Crippen molar-refractivity contribution in [3.63, 3.8) is 0 Å². The topological polar surface area (TPSA) is 165 Å². The second-order valence-corrected chi connectivity index (χ2v) is 15.7. The summed E-state index contributed by atoms with van der Waals surface area (Å²) in [7, 11) is 1.28. The van der Waals surface area contributed by atoms with Crippen LogP contribution in [-0.2, 0) is 19.1 Å². The number of ether oxygens (including phenoxy) is 1. The molecule has 2 fully saturated rings. The number of nitrogens with one attached hydrogen (secondary N) is 4. The molecule has 62 heavy (non-hydrogen) atoms. The highest BCUT2D eigenvalue weighted by Crippen LogP contribution is 2.37. The van der Waals surface area contributed by atoms with Crippen molar-refractivity contribution in [3.05, 3.63) is 156 Å². The van der Waals surface area contributed by atoms with Crippen LogP contribution in [0.5, 0.6) is 0 Å². The molecule has 2 aliphatic heterocycles. The zero-order valence-electron chi connectivity index (χ0n) is 34.2. The smallest absolute Gasteiger partial charge is 0.407 e. The lowest BCUT2D eigenvalue weighted by Crippen LogP contribution is -2.42. The third-order valence-corrected chi connectivity index (χ3v) is 12.0. The van der Waals surface area contributed by atoms with E-state index in [0.29, 0.717) is 30.9 Å². The number of imidazole rings is 2. The van der Waals surface area contributed by atoms with Crippen molar-refractivity contribution in [3.8, 4) is 33.6 Å². The van der Waals surface area contributed by atoms with Crippen LogP contribution < -0.4 is 10.6 Å². The Hall–Kier alpha value is -7.54. The van der Waals surface area contributed by atoms with Gasteiger partial charge in [0.05, 0.1) is 43.0 Å². The minimum absolute atomic E-state index is 0.151. The lowest BCUT2D eigenvalue weighted by Gasteiger charge is -2.28. The number of benzene rings is 5. The lowest BCUT2D eigenvalue weighted by atomic mass is 9.98. The van der Waals surface area contributed by atoms with Crippen LogP contribution in [0.4, 0.5) is 4.79 Å². The van der Waals surface area contributed by atoms with Gasteiger partial charge in [0.2, 0.25) is 12.3 Å². The fraction of sp³-hybridized carbons (Fsp3) is 0.224. The standard InChI is InChI=1S/C49H46N8O5/c1-62-49(61)55-44(34-12-6-3-7-13-34)48(60)57-25-9-15-42(57)46-51-29-40(54-46)38-23-22-36-26-35(20-21-37(36)27-38)31-16-18-32(19-17-31)39-28-50-45(53-39)41-14-8-24-56(41)47(59)43(52-30-58)33-10-4-2-5-11-33/h2-7,10-13,16-23,26-30,41-44H,8-9,14-15,24-25H2,1H3,(H,50,53)(H,51,54)(H,52,58)(H,55,61). The Morgan fingerprint density at radius 2 is 1.13 bits per heavy atom. The average Bonchev–Trinajstić information content (AvgIpc) is 4.17. The van der Waals surface area contributed by atoms with Gasteiger partial charge in [0, 0.05) is 18.7 Å². The van der Waals surface area contributed by atoms with Crippen LogP contribution in [0.25, 0.3) is 44.4 Å². The number of carbonyl (C=O) groups excluding carboxylic acids is 4. The van der Waals surface area contributed by atoms with E-state index >= 15 is 0 Å². The van der Waals surface area contributed by atoms with Gasteiger partial charge in [-0.05, 0) is 76.4 Å². The average molecular weight is 827 g/mol. The molecule has 4 N–H and O–H groups in total. The van der Waals surface area contributed by atoms with E-state index in [1.54, 1.807) is 4.90 Å². The van der Waals surface area contributed by atoms with E-state index in [4.69, 9.17) is 14.7 Å². The summed E-state index contributed by atoms with van der Waals surface area (Å²) in [5, 5.41) is 7.61. The molecule has 2 saturated heterocycles. The second kappa shape index (κ2) is 17.6. The Bertz CT molecular complexity index is 2720. The predicted octanol–water partition coefficient (Wildman–Crippen LogP) is 8.20. The molecule has 2 aromatic heterocycles. The Morgan fingerprint density at radius 1 is 0.645 bits per heavy atom. The summed E-state index contributed by atoms with van der Waals surface area (Å²) in [6.07, 6.45) is 6.74. The van der Waals surface area contributed by atoms with Gasteiger partial charge in [-0.2, -0.15) is 0 Å². The summed E-state index contributed by atoms with van der Waals surface area (Å²) < 4.78 is 4.84. The highest BCUT2D eigenvalue weighted by Gasteiger charge is 2.38. The van der Waals surface area contributed by atoms with E-state index in [9.17, 15) is 19.2 Å². The van der Waals surface area contributed by atoms with Gasteiger partial charge in [-0.3, -0.25) is 14.4 Å². The molecule has 5 aromatic carbocycles. The van der Waals surface area contributed by atoms with Crippen molar-refractivity contribution in [2.24, 2.45) is 0 Å². The molecule has 2 aliphatic rings. The van der Waals surface area contributed by atoms with Crippen molar-refractivity contribution in [2.75, 3.05) is 20.2 Å². The fourth-order valence-corrected chi connectivity index (χ4v) is 8.84. The minimum atomic E-state index is -0.881. The molecule has 13 heteroatoms. The van der Waals surface area contributed by atoms with Gasteiger partial charge in [0.15, 0.2) is 0 Å². The fourth-order valence-electron chi connectivity index (χ4n) is 8.84. The number of rotatable bonds is 12. The Balaban J connectivity index is 0.876. The molecule has 312 valence electrons. The first-order chi connectivity index (χ1) is 30.4. The summed E-state index contributed by atoms with van der Waals surface area (Å²) in [5.74, 6) is 1.07. The zero-order valence-corrected chi connectivity index (χ0v) is 34.2. The summed E-state index contributed by atoms with van der Waals surface area (Å²) >= 11 is 0.